The number of ketones is 1. The topological polar surface area (TPSA) is 26.3 Å². The average Bonchev–Trinajstić information content (AvgIpc) is 2.92. The number of hydrogen-bond donors (Lipinski definition) is 0. The Morgan fingerprint density at radius 1 is 1.03 bits per heavy atom. The fraction of sp³-hybridized carbons (Fsp3) is 0.519. The molecule has 5 rings (SSSR count). The first kappa shape index (κ1) is 18.9. The van der Waals surface area contributed by atoms with Gasteiger partial charge in [-0.2, -0.15) is 0 Å². The molecule has 2 heteroatoms. The number of aryl methyl sites for hydroxylation is 1. The lowest BCUT2D eigenvalue weighted by molar-refractivity contribution is -0.134. The molecule has 2 aromatic carbocycles. The van der Waals surface area contributed by atoms with Crippen molar-refractivity contribution in [2.45, 2.75) is 65.4 Å². The molecule has 2 nitrogen and oxygen atoms in total. The van der Waals surface area contributed by atoms with Gasteiger partial charge in [0.2, 0.25) is 0 Å². The molecule has 3 aliphatic rings. The Morgan fingerprint density at radius 3 is 2.62 bits per heavy atom. The molecule has 0 aromatic heterocycles. The highest BCUT2D eigenvalue weighted by molar-refractivity contribution is 5.92. The average molecular weight is 389 g/mol. The van der Waals surface area contributed by atoms with Crippen LogP contribution in [0.3, 0.4) is 0 Å². The second-order valence-electron chi connectivity index (χ2n) is 10.4. The first-order chi connectivity index (χ1) is 13.9. The van der Waals surface area contributed by atoms with Crippen LogP contribution in [0.4, 0.5) is 0 Å². The van der Waals surface area contributed by atoms with E-state index in [4.69, 9.17) is 4.74 Å². The lowest BCUT2D eigenvalue weighted by Gasteiger charge is -2.48. The quantitative estimate of drug-likeness (QED) is 0.614. The van der Waals surface area contributed by atoms with Gasteiger partial charge in [-0.3, -0.25) is 4.79 Å². The van der Waals surface area contributed by atoms with Crippen molar-refractivity contribution >= 4 is 5.78 Å². The van der Waals surface area contributed by atoms with E-state index >= 15 is 0 Å². The van der Waals surface area contributed by atoms with E-state index in [1.807, 2.05) is 6.07 Å². The minimum absolute atomic E-state index is 0.0963. The van der Waals surface area contributed by atoms with Crippen molar-refractivity contribution in [1.82, 2.24) is 0 Å². The van der Waals surface area contributed by atoms with Gasteiger partial charge in [0, 0.05) is 10.8 Å². The molecule has 152 valence electrons. The number of Topliss-reactive ketones (excluding diaryl/α,β-unsaturated/α-hetero) is 1. The second-order valence-corrected chi connectivity index (χ2v) is 10.4. The lowest BCUT2D eigenvalue weighted by Crippen LogP contribution is -2.43. The summed E-state index contributed by atoms with van der Waals surface area (Å²) in [4.78, 5) is 13.1. The van der Waals surface area contributed by atoms with Gasteiger partial charge in [0.1, 0.15) is 18.1 Å². The summed E-state index contributed by atoms with van der Waals surface area (Å²) in [5.41, 5.74) is 3.94. The Kier molecular flexibility index (Phi) is 4.38. The number of carbonyl (C=O) groups is 1. The van der Waals surface area contributed by atoms with E-state index in [1.165, 1.54) is 23.1 Å². The fourth-order valence-electron chi connectivity index (χ4n) is 6.78. The molecule has 0 unspecified atom stereocenters. The van der Waals surface area contributed by atoms with Gasteiger partial charge in [-0.1, -0.05) is 57.2 Å². The molecule has 2 fully saturated rings. The zero-order valence-corrected chi connectivity index (χ0v) is 17.9. The molecule has 2 saturated carbocycles. The van der Waals surface area contributed by atoms with Crippen molar-refractivity contribution in [3.05, 3.63) is 65.2 Å². The van der Waals surface area contributed by atoms with Gasteiger partial charge in [-0.05, 0) is 78.7 Å². The Hall–Kier alpha value is -2.09. The van der Waals surface area contributed by atoms with E-state index in [-0.39, 0.29) is 10.8 Å². The lowest BCUT2D eigenvalue weighted by atomic mass is 9.55. The van der Waals surface area contributed by atoms with Crippen LogP contribution >= 0.6 is 0 Å². The van der Waals surface area contributed by atoms with E-state index in [0.717, 1.165) is 31.4 Å². The van der Waals surface area contributed by atoms with Gasteiger partial charge in [-0.15, -0.1) is 0 Å². The molecular formula is C27H32O2. The van der Waals surface area contributed by atoms with Gasteiger partial charge in [-0.25, -0.2) is 0 Å². The van der Waals surface area contributed by atoms with E-state index in [1.54, 1.807) is 0 Å². The van der Waals surface area contributed by atoms with E-state index < -0.39 is 0 Å². The molecule has 4 atom stereocenters. The Bertz CT molecular complexity index is 929. The summed E-state index contributed by atoms with van der Waals surface area (Å²) in [5.74, 6) is 3.31. The zero-order chi connectivity index (χ0) is 20.2. The summed E-state index contributed by atoms with van der Waals surface area (Å²) in [6, 6.07) is 17.1. The van der Waals surface area contributed by atoms with Gasteiger partial charge >= 0.3 is 0 Å². The third kappa shape index (κ3) is 3.03. The maximum atomic E-state index is 13.1. The van der Waals surface area contributed by atoms with Crippen molar-refractivity contribution in [2.24, 2.45) is 22.7 Å². The summed E-state index contributed by atoms with van der Waals surface area (Å²) >= 11 is 0. The van der Waals surface area contributed by atoms with Crippen molar-refractivity contribution in [3.8, 4) is 5.75 Å². The second kappa shape index (κ2) is 6.72. The molecule has 0 heterocycles. The van der Waals surface area contributed by atoms with Gasteiger partial charge in [0.05, 0.1) is 0 Å². The van der Waals surface area contributed by atoms with Crippen LogP contribution in [0.25, 0.3) is 0 Å². The maximum absolute atomic E-state index is 13.1. The third-order valence-corrected chi connectivity index (χ3v) is 8.20. The zero-order valence-electron chi connectivity index (χ0n) is 17.9. The van der Waals surface area contributed by atoms with E-state index in [9.17, 15) is 4.79 Å². The normalized spacial score (nSPS) is 32.2. The number of benzene rings is 2. The highest BCUT2D eigenvalue weighted by atomic mass is 16.5. The smallest absolute Gasteiger partial charge is 0.144 e. The standard InChI is InChI=1S/C27H32O2/c1-26(2)16-24-23-11-9-19-15-20(29-17-18-7-5-4-6-8-18)10-12-21(19)22(23)13-14-27(24,3)25(26)28/h4-8,10,12,15,22-24H,9,11,13-14,16-17H2,1-3H3/t22-,23-,24+,27+/m1/s1. The van der Waals surface area contributed by atoms with Crippen LogP contribution in [0.5, 0.6) is 5.75 Å². The Balaban J connectivity index is 1.37. The van der Waals surface area contributed by atoms with Gasteiger partial charge in [0.15, 0.2) is 0 Å². The first-order valence-corrected chi connectivity index (χ1v) is 11.2. The number of hydrogen-bond acceptors (Lipinski definition) is 2. The minimum atomic E-state index is -0.149. The van der Waals surface area contributed by atoms with Crippen LogP contribution in [-0.4, -0.2) is 5.78 Å². The maximum Gasteiger partial charge on any atom is 0.144 e. The Labute approximate surface area is 174 Å². The molecule has 0 amide bonds. The van der Waals surface area contributed by atoms with Crippen molar-refractivity contribution in [2.75, 3.05) is 0 Å². The summed E-state index contributed by atoms with van der Waals surface area (Å²) in [7, 11) is 0. The van der Waals surface area contributed by atoms with Crippen molar-refractivity contribution in [1.29, 1.82) is 0 Å². The fourth-order valence-corrected chi connectivity index (χ4v) is 6.78. The molecule has 0 spiro atoms. The van der Waals surface area contributed by atoms with Gasteiger partial charge in [0.25, 0.3) is 0 Å². The Morgan fingerprint density at radius 2 is 1.83 bits per heavy atom. The van der Waals surface area contributed by atoms with Crippen LogP contribution in [-0.2, 0) is 17.8 Å². The monoisotopic (exact) mass is 388 g/mol. The van der Waals surface area contributed by atoms with Crippen LogP contribution in [0.2, 0.25) is 0 Å². The summed E-state index contributed by atoms with van der Waals surface area (Å²) in [5, 5.41) is 0. The largest absolute Gasteiger partial charge is 0.489 e. The highest BCUT2D eigenvalue weighted by Crippen LogP contribution is 2.63. The molecule has 0 bridgehead atoms. The molecule has 3 aliphatic carbocycles. The molecular weight excluding hydrogens is 356 g/mol. The highest BCUT2D eigenvalue weighted by Gasteiger charge is 2.60. The minimum Gasteiger partial charge on any atom is -0.489 e. The van der Waals surface area contributed by atoms with Crippen LogP contribution in [0.1, 0.15) is 69.1 Å². The van der Waals surface area contributed by atoms with Crippen LogP contribution in [0, 0.1) is 22.7 Å². The number of ether oxygens (including phenoxy) is 1. The first-order valence-electron chi connectivity index (χ1n) is 11.2. The number of carbonyl (C=O) groups excluding carboxylic acids is 1. The summed E-state index contributed by atoms with van der Waals surface area (Å²) < 4.78 is 6.08. The molecule has 29 heavy (non-hydrogen) atoms. The van der Waals surface area contributed by atoms with Gasteiger partial charge < -0.3 is 4.74 Å². The third-order valence-electron chi connectivity index (χ3n) is 8.20. The molecule has 0 saturated heterocycles. The number of fused-ring (bicyclic) bond motifs is 5. The van der Waals surface area contributed by atoms with E-state index in [2.05, 4.69) is 63.2 Å². The molecule has 0 N–H and O–H groups in total. The van der Waals surface area contributed by atoms with Crippen molar-refractivity contribution < 1.29 is 9.53 Å². The molecule has 0 radical (unpaired) electrons. The SMILES string of the molecule is CC1(C)C[C@H]2[C@@H]3CCc4cc(OCc5ccccc5)ccc4[C@H]3CC[C@]2(C)C1=O. The van der Waals surface area contributed by atoms with Crippen molar-refractivity contribution in [3.63, 3.8) is 0 Å². The van der Waals surface area contributed by atoms with Crippen LogP contribution < -0.4 is 4.74 Å². The predicted molar refractivity (Wildman–Crippen MR) is 116 cm³/mol. The predicted octanol–water partition coefficient (Wildman–Crippen LogP) is 6.33. The molecule has 0 aliphatic heterocycles. The molecule has 2 aromatic rings. The summed E-state index contributed by atoms with van der Waals surface area (Å²) in [6.45, 7) is 7.21. The van der Waals surface area contributed by atoms with E-state index in [0.29, 0.717) is 30.1 Å². The number of rotatable bonds is 3. The summed E-state index contributed by atoms with van der Waals surface area (Å²) in [6.07, 6.45) is 5.59. The van der Waals surface area contributed by atoms with Crippen LogP contribution in [0.15, 0.2) is 48.5 Å².